The number of methoxy groups -OCH3 is 1. The van der Waals surface area contributed by atoms with Crippen LogP contribution in [0.15, 0.2) is 58.9 Å². The third-order valence-electron chi connectivity index (χ3n) is 3.98. The molecule has 6 heteroatoms. The second kappa shape index (κ2) is 7.47. The quantitative estimate of drug-likeness (QED) is 0.810. The predicted octanol–water partition coefficient (Wildman–Crippen LogP) is 3.39. The van der Waals surface area contributed by atoms with E-state index in [1.165, 1.54) is 0 Å². The van der Waals surface area contributed by atoms with Crippen LogP contribution in [0.2, 0.25) is 0 Å². The van der Waals surface area contributed by atoms with Gasteiger partial charge < -0.3 is 9.64 Å². The highest BCUT2D eigenvalue weighted by molar-refractivity contribution is 5.59. The third-order valence-corrected chi connectivity index (χ3v) is 3.98. The summed E-state index contributed by atoms with van der Waals surface area (Å²) in [7, 11) is 1.64. The van der Waals surface area contributed by atoms with Crippen molar-refractivity contribution in [1.29, 1.82) is 5.26 Å². The lowest BCUT2D eigenvalue weighted by molar-refractivity contribution is 0.254. The second-order valence-electron chi connectivity index (χ2n) is 5.46. The van der Waals surface area contributed by atoms with Crippen molar-refractivity contribution in [3.8, 4) is 11.8 Å². The van der Waals surface area contributed by atoms with Crippen LogP contribution in [-0.4, -0.2) is 38.3 Å². The number of nitrogens with zero attached hydrogens (tertiary/aromatic N) is 5. The standard InChI is InChI=1S/C18H19N5O/c1-24-17-8-6-16(7-9-17)20-21-23-12-10-22(11-13-23)18-5-3-2-4-15(18)14-19/h2-9H,10-13H2,1H3. The monoisotopic (exact) mass is 321 g/mol. The van der Waals surface area contributed by atoms with Crippen molar-refractivity contribution in [2.24, 2.45) is 10.3 Å². The van der Waals surface area contributed by atoms with E-state index in [1.54, 1.807) is 7.11 Å². The van der Waals surface area contributed by atoms with Gasteiger partial charge in [0.25, 0.3) is 0 Å². The van der Waals surface area contributed by atoms with Crippen molar-refractivity contribution in [1.82, 2.24) is 5.01 Å². The fourth-order valence-electron chi connectivity index (χ4n) is 2.63. The van der Waals surface area contributed by atoms with Crippen LogP contribution in [-0.2, 0) is 0 Å². The van der Waals surface area contributed by atoms with Crippen molar-refractivity contribution in [2.45, 2.75) is 0 Å². The maximum atomic E-state index is 9.22. The van der Waals surface area contributed by atoms with Crippen LogP contribution in [0, 0.1) is 11.3 Å². The molecule has 0 bridgehead atoms. The molecule has 0 aliphatic carbocycles. The van der Waals surface area contributed by atoms with E-state index < -0.39 is 0 Å². The van der Waals surface area contributed by atoms with Crippen LogP contribution in [0.3, 0.4) is 0 Å². The summed E-state index contributed by atoms with van der Waals surface area (Å²) in [5, 5.41) is 19.7. The summed E-state index contributed by atoms with van der Waals surface area (Å²) < 4.78 is 5.13. The van der Waals surface area contributed by atoms with Crippen LogP contribution >= 0.6 is 0 Å². The highest BCUT2D eigenvalue weighted by Crippen LogP contribution is 2.22. The van der Waals surface area contributed by atoms with Crippen LogP contribution in [0.1, 0.15) is 5.56 Å². The van der Waals surface area contributed by atoms with Gasteiger partial charge in [-0.15, -0.1) is 5.11 Å². The Balaban J connectivity index is 1.58. The molecule has 1 heterocycles. The molecule has 0 spiro atoms. The van der Waals surface area contributed by atoms with Gasteiger partial charge in [-0.25, -0.2) is 0 Å². The number of ether oxygens (including phenoxy) is 1. The number of nitriles is 1. The molecule has 0 atom stereocenters. The Morgan fingerprint density at radius 1 is 1.00 bits per heavy atom. The van der Waals surface area contributed by atoms with Gasteiger partial charge in [-0.1, -0.05) is 17.4 Å². The molecule has 2 aromatic carbocycles. The van der Waals surface area contributed by atoms with Crippen molar-refractivity contribution < 1.29 is 4.74 Å². The molecule has 1 fully saturated rings. The Morgan fingerprint density at radius 3 is 2.38 bits per heavy atom. The number of hydrogen-bond donors (Lipinski definition) is 0. The molecule has 0 N–H and O–H groups in total. The van der Waals surface area contributed by atoms with Gasteiger partial charge in [-0.3, -0.25) is 5.01 Å². The molecule has 2 aromatic rings. The van der Waals surface area contributed by atoms with Gasteiger partial charge in [0.1, 0.15) is 11.8 Å². The van der Waals surface area contributed by atoms with Crippen LogP contribution < -0.4 is 9.64 Å². The van der Waals surface area contributed by atoms with Gasteiger partial charge in [0.2, 0.25) is 0 Å². The number of anilines is 1. The predicted molar refractivity (Wildman–Crippen MR) is 92.5 cm³/mol. The number of hydrogen-bond acceptors (Lipinski definition) is 5. The summed E-state index contributed by atoms with van der Waals surface area (Å²) in [4.78, 5) is 2.22. The molecule has 1 aliphatic heterocycles. The number of piperazine rings is 1. The lowest BCUT2D eigenvalue weighted by Gasteiger charge is -2.34. The molecule has 0 amide bonds. The second-order valence-corrected chi connectivity index (χ2v) is 5.46. The molecule has 3 rings (SSSR count). The highest BCUT2D eigenvalue weighted by atomic mass is 16.5. The van der Waals surface area contributed by atoms with Crippen molar-refractivity contribution in [3.05, 3.63) is 54.1 Å². The minimum atomic E-state index is 0.714. The maximum absolute atomic E-state index is 9.22. The summed E-state index contributed by atoms with van der Waals surface area (Å²) >= 11 is 0. The van der Waals surface area contributed by atoms with E-state index in [0.29, 0.717) is 5.56 Å². The lowest BCUT2D eigenvalue weighted by atomic mass is 10.1. The molecule has 24 heavy (non-hydrogen) atoms. The average molecular weight is 321 g/mol. The number of benzene rings is 2. The van der Waals surface area contributed by atoms with Gasteiger partial charge >= 0.3 is 0 Å². The Labute approximate surface area is 141 Å². The zero-order valence-corrected chi connectivity index (χ0v) is 13.6. The molecule has 1 aliphatic rings. The molecule has 0 aromatic heterocycles. The van der Waals surface area contributed by atoms with Crippen LogP contribution in [0.5, 0.6) is 5.75 Å². The zero-order valence-electron chi connectivity index (χ0n) is 13.6. The molecule has 0 radical (unpaired) electrons. The van der Waals surface area contributed by atoms with Gasteiger partial charge in [0, 0.05) is 13.1 Å². The van der Waals surface area contributed by atoms with Gasteiger partial charge in [-0.2, -0.15) is 5.26 Å². The van der Waals surface area contributed by atoms with Gasteiger partial charge in [0.15, 0.2) is 0 Å². The van der Waals surface area contributed by atoms with E-state index in [9.17, 15) is 5.26 Å². The van der Waals surface area contributed by atoms with E-state index in [4.69, 9.17) is 4.74 Å². The Kier molecular flexibility index (Phi) is 4.92. The van der Waals surface area contributed by atoms with Crippen LogP contribution in [0.4, 0.5) is 11.4 Å². The van der Waals surface area contributed by atoms with E-state index in [2.05, 4.69) is 21.3 Å². The van der Waals surface area contributed by atoms with E-state index in [-0.39, 0.29) is 0 Å². The van der Waals surface area contributed by atoms with E-state index in [1.807, 2.05) is 53.5 Å². The first-order valence-corrected chi connectivity index (χ1v) is 7.85. The van der Waals surface area contributed by atoms with Gasteiger partial charge in [-0.05, 0) is 36.4 Å². The molecule has 0 unspecified atom stereocenters. The Bertz CT molecular complexity index is 743. The fraction of sp³-hybridized carbons (Fsp3) is 0.278. The molecule has 6 nitrogen and oxygen atoms in total. The number of rotatable bonds is 4. The molecular weight excluding hydrogens is 302 g/mol. The average Bonchev–Trinajstić information content (AvgIpc) is 2.67. The smallest absolute Gasteiger partial charge is 0.119 e. The van der Waals surface area contributed by atoms with E-state index in [0.717, 1.165) is 43.3 Å². The summed E-state index contributed by atoms with van der Waals surface area (Å²) in [6.07, 6.45) is 0. The summed E-state index contributed by atoms with van der Waals surface area (Å²) in [5.74, 6) is 0.804. The molecule has 0 saturated carbocycles. The lowest BCUT2D eigenvalue weighted by Crippen LogP contribution is -2.44. The summed E-state index contributed by atoms with van der Waals surface area (Å²) in [6, 6.07) is 17.4. The zero-order chi connectivity index (χ0) is 16.8. The van der Waals surface area contributed by atoms with E-state index >= 15 is 0 Å². The molecular formula is C18H19N5O. The summed E-state index contributed by atoms with van der Waals surface area (Å²) in [5.41, 5.74) is 2.51. The van der Waals surface area contributed by atoms with Gasteiger partial charge in [0.05, 0.1) is 37.1 Å². The first kappa shape index (κ1) is 15.8. The minimum absolute atomic E-state index is 0.714. The third kappa shape index (κ3) is 3.63. The fourth-order valence-corrected chi connectivity index (χ4v) is 2.63. The normalized spacial score (nSPS) is 14.7. The van der Waals surface area contributed by atoms with Crippen LogP contribution in [0.25, 0.3) is 0 Å². The first-order valence-electron chi connectivity index (χ1n) is 7.85. The molecule has 1 saturated heterocycles. The van der Waals surface area contributed by atoms with Crippen molar-refractivity contribution in [2.75, 3.05) is 38.2 Å². The Hall–Kier alpha value is -3.07. The highest BCUT2D eigenvalue weighted by Gasteiger charge is 2.18. The SMILES string of the molecule is COc1ccc(N=NN2CCN(c3ccccc3C#N)CC2)cc1. The minimum Gasteiger partial charge on any atom is -0.497 e. The number of para-hydroxylation sites is 1. The molecule has 122 valence electrons. The van der Waals surface area contributed by atoms with Crippen molar-refractivity contribution >= 4 is 11.4 Å². The van der Waals surface area contributed by atoms with Crippen molar-refractivity contribution in [3.63, 3.8) is 0 Å². The topological polar surface area (TPSA) is 64.2 Å². The Morgan fingerprint density at radius 2 is 1.71 bits per heavy atom. The first-order chi connectivity index (χ1) is 11.8. The maximum Gasteiger partial charge on any atom is 0.119 e. The largest absolute Gasteiger partial charge is 0.497 e. The summed E-state index contributed by atoms with van der Waals surface area (Å²) in [6.45, 7) is 3.19.